The molecule has 3 heteroatoms. The van der Waals surface area contributed by atoms with Gasteiger partial charge < -0.3 is 9.84 Å². The van der Waals surface area contributed by atoms with Gasteiger partial charge in [0.05, 0.1) is 13.7 Å². The molecule has 190 valence electrons. The van der Waals surface area contributed by atoms with Crippen LogP contribution in [0, 0.1) is 0 Å². The molecule has 0 amide bonds. The van der Waals surface area contributed by atoms with Crippen LogP contribution in [0.5, 0.6) is 5.75 Å². The lowest BCUT2D eigenvalue weighted by atomic mass is 9.80. The van der Waals surface area contributed by atoms with E-state index in [-0.39, 0.29) is 16.9 Å². The van der Waals surface area contributed by atoms with Crippen LogP contribution in [-0.2, 0) is 6.61 Å². The van der Waals surface area contributed by atoms with E-state index in [1.54, 1.807) is 7.11 Å². The minimum absolute atomic E-state index is 0.0186. The number of hydrogen-bond donors (Lipinski definition) is 1. The van der Waals surface area contributed by atoms with Gasteiger partial charge in [-0.2, -0.15) is 0 Å². The molecule has 2 rings (SSSR count). The molecule has 0 atom stereocenters. The molecule has 0 unspecified atom stereocenters. The van der Waals surface area contributed by atoms with Crippen molar-refractivity contribution in [2.24, 2.45) is 0 Å². The third-order valence-electron chi connectivity index (χ3n) is 6.57. The molecule has 2 aromatic rings. The molecular formula is C31H49O2P. The Morgan fingerprint density at radius 1 is 0.765 bits per heavy atom. The maximum absolute atomic E-state index is 10.6. The minimum Gasteiger partial charge on any atom is -0.496 e. The Balaban J connectivity index is 3.23. The number of aliphatic hydroxyl groups excluding tert-OH is 1. The summed E-state index contributed by atoms with van der Waals surface area (Å²) >= 11 is 0. The van der Waals surface area contributed by atoms with Gasteiger partial charge in [0.2, 0.25) is 0 Å². The first-order valence-electron chi connectivity index (χ1n) is 12.8. The van der Waals surface area contributed by atoms with Crippen LogP contribution in [0.15, 0.2) is 24.3 Å². The number of ether oxygens (including phenoxy) is 1. The zero-order valence-corrected chi connectivity index (χ0v) is 24.9. The number of methoxy groups -OCH3 is 1. The highest BCUT2D eigenvalue weighted by Crippen LogP contribution is 2.61. The van der Waals surface area contributed by atoms with Crippen LogP contribution < -0.4 is 10.0 Å². The summed E-state index contributed by atoms with van der Waals surface area (Å²) in [7, 11) is 1.14. The van der Waals surface area contributed by atoms with E-state index in [0.717, 1.165) is 11.3 Å². The normalized spacial score (nSPS) is 13.0. The molecule has 0 aromatic heterocycles. The fourth-order valence-corrected chi connectivity index (χ4v) is 9.55. The van der Waals surface area contributed by atoms with Crippen LogP contribution in [0.2, 0.25) is 0 Å². The summed E-state index contributed by atoms with van der Waals surface area (Å²) in [5, 5.41) is 12.1. The SMILES string of the molecule is COc1ccc(CO)c(-c2c(C(C)C)cc(C(C)C)cc2C(C)C)c1P(C(C)(C)C)C(C)(C)C. The minimum atomic E-state index is -0.650. The Kier molecular flexibility index (Phi) is 9.10. The predicted octanol–water partition coefficient (Wildman–Crippen LogP) is 8.93. The molecule has 2 nitrogen and oxygen atoms in total. The maximum Gasteiger partial charge on any atom is 0.127 e. The summed E-state index contributed by atoms with van der Waals surface area (Å²) in [6, 6.07) is 8.97. The quantitative estimate of drug-likeness (QED) is 0.397. The molecule has 0 bridgehead atoms. The first-order chi connectivity index (χ1) is 15.6. The van der Waals surface area contributed by atoms with Crippen LogP contribution in [0.4, 0.5) is 0 Å². The van der Waals surface area contributed by atoms with Gasteiger partial charge in [-0.3, -0.25) is 0 Å². The van der Waals surface area contributed by atoms with E-state index in [1.165, 1.54) is 33.1 Å². The Morgan fingerprint density at radius 3 is 1.56 bits per heavy atom. The zero-order valence-electron chi connectivity index (χ0n) is 24.1. The van der Waals surface area contributed by atoms with E-state index in [9.17, 15) is 5.11 Å². The van der Waals surface area contributed by atoms with Gasteiger partial charge in [0, 0.05) is 5.30 Å². The molecule has 0 fully saturated rings. The van der Waals surface area contributed by atoms with Crippen molar-refractivity contribution in [3.8, 4) is 16.9 Å². The second-order valence-corrected chi connectivity index (χ2v) is 16.3. The van der Waals surface area contributed by atoms with Gasteiger partial charge in [0.25, 0.3) is 0 Å². The standard InChI is InChI=1S/C31H49O2P/c1-19(2)23-16-24(20(3)4)28(25(17-23)21(5)6)27-22(18-32)14-15-26(33-13)29(27)34(30(7,8)9)31(10,11)12/h14-17,19-21,32H,18H2,1-13H3. The first kappa shape index (κ1) is 28.9. The number of rotatable bonds is 7. The Hall–Kier alpha value is -1.37. The van der Waals surface area contributed by atoms with Crippen molar-refractivity contribution in [3.05, 3.63) is 46.5 Å². The van der Waals surface area contributed by atoms with Crippen molar-refractivity contribution in [1.29, 1.82) is 0 Å². The van der Waals surface area contributed by atoms with Gasteiger partial charge in [-0.15, -0.1) is 0 Å². The van der Waals surface area contributed by atoms with Crippen molar-refractivity contribution >= 4 is 13.2 Å². The highest BCUT2D eigenvalue weighted by molar-refractivity contribution is 7.69. The van der Waals surface area contributed by atoms with Gasteiger partial charge in [-0.1, -0.05) is 109 Å². The highest BCUT2D eigenvalue weighted by atomic mass is 31.1. The van der Waals surface area contributed by atoms with Gasteiger partial charge in [-0.05, 0) is 67.5 Å². The smallest absolute Gasteiger partial charge is 0.127 e. The van der Waals surface area contributed by atoms with Crippen LogP contribution in [-0.4, -0.2) is 22.5 Å². The summed E-state index contributed by atoms with van der Waals surface area (Å²) < 4.78 is 6.08. The summed E-state index contributed by atoms with van der Waals surface area (Å²) in [5.74, 6) is 2.15. The second kappa shape index (κ2) is 10.7. The van der Waals surface area contributed by atoms with E-state index in [2.05, 4.69) is 107 Å². The van der Waals surface area contributed by atoms with E-state index < -0.39 is 7.92 Å². The lowest BCUT2D eigenvalue weighted by molar-refractivity contribution is 0.282. The third-order valence-corrected chi connectivity index (χ3v) is 10.1. The summed E-state index contributed by atoms with van der Waals surface area (Å²) in [5.41, 5.74) is 7.65. The largest absolute Gasteiger partial charge is 0.496 e. The van der Waals surface area contributed by atoms with Gasteiger partial charge in [-0.25, -0.2) is 0 Å². The van der Waals surface area contributed by atoms with Gasteiger partial charge >= 0.3 is 0 Å². The molecular weight excluding hydrogens is 435 g/mol. The van der Waals surface area contributed by atoms with E-state index in [1.807, 2.05) is 0 Å². The second-order valence-electron chi connectivity index (χ2n) is 12.5. The lowest BCUT2D eigenvalue weighted by Crippen LogP contribution is -2.33. The molecule has 0 aliphatic rings. The molecule has 34 heavy (non-hydrogen) atoms. The molecule has 0 radical (unpaired) electrons. The molecule has 0 spiro atoms. The first-order valence-corrected chi connectivity index (χ1v) is 14.2. The molecule has 0 aliphatic carbocycles. The molecule has 0 saturated carbocycles. The Bertz CT molecular complexity index is 945. The monoisotopic (exact) mass is 484 g/mol. The van der Waals surface area contributed by atoms with Crippen LogP contribution in [0.3, 0.4) is 0 Å². The van der Waals surface area contributed by atoms with E-state index in [0.29, 0.717) is 17.8 Å². The van der Waals surface area contributed by atoms with Gasteiger partial charge in [0.1, 0.15) is 5.75 Å². The van der Waals surface area contributed by atoms with Crippen molar-refractivity contribution in [2.75, 3.05) is 7.11 Å². The predicted molar refractivity (Wildman–Crippen MR) is 153 cm³/mol. The number of hydrogen-bond acceptors (Lipinski definition) is 2. The summed E-state index contributed by atoms with van der Waals surface area (Å²) in [6.45, 7) is 27.9. The topological polar surface area (TPSA) is 29.5 Å². The highest BCUT2D eigenvalue weighted by Gasteiger charge is 2.40. The average molecular weight is 485 g/mol. The molecule has 2 aromatic carbocycles. The van der Waals surface area contributed by atoms with Crippen LogP contribution >= 0.6 is 7.92 Å². The van der Waals surface area contributed by atoms with Crippen LogP contribution in [0.25, 0.3) is 11.1 Å². The summed E-state index contributed by atoms with van der Waals surface area (Å²) in [4.78, 5) is 0. The Labute approximate surface area is 211 Å². The molecule has 0 heterocycles. The number of aliphatic hydroxyl groups is 1. The molecule has 1 N–H and O–H groups in total. The van der Waals surface area contributed by atoms with E-state index >= 15 is 0 Å². The fourth-order valence-electron chi connectivity index (χ4n) is 5.33. The maximum atomic E-state index is 10.6. The van der Waals surface area contributed by atoms with Crippen molar-refractivity contribution in [3.63, 3.8) is 0 Å². The average Bonchev–Trinajstić information content (AvgIpc) is 2.70. The lowest BCUT2D eigenvalue weighted by Gasteiger charge is -2.44. The van der Waals surface area contributed by atoms with Crippen molar-refractivity contribution in [2.45, 2.75) is 118 Å². The fraction of sp³-hybridized carbons (Fsp3) is 0.613. The molecule has 0 aliphatic heterocycles. The zero-order chi connectivity index (χ0) is 26.2. The van der Waals surface area contributed by atoms with E-state index in [4.69, 9.17) is 4.74 Å². The number of benzene rings is 2. The Morgan fingerprint density at radius 2 is 1.24 bits per heavy atom. The molecule has 0 saturated heterocycles. The van der Waals surface area contributed by atoms with Crippen molar-refractivity contribution < 1.29 is 9.84 Å². The van der Waals surface area contributed by atoms with Crippen LogP contribution in [0.1, 0.15) is 123 Å². The summed E-state index contributed by atoms with van der Waals surface area (Å²) in [6.07, 6.45) is 0. The third kappa shape index (κ3) is 5.88. The van der Waals surface area contributed by atoms with Crippen molar-refractivity contribution in [1.82, 2.24) is 0 Å². The van der Waals surface area contributed by atoms with Gasteiger partial charge in [0.15, 0.2) is 0 Å².